The van der Waals surface area contributed by atoms with E-state index in [1.54, 1.807) is 4.90 Å². The van der Waals surface area contributed by atoms with E-state index in [-0.39, 0.29) is 29.0 Å². The molecule has 0 unspecified atom stereocenters. The zero-order valence-corrected chi connectivity index (χ0v) is 21.4. The predicted octanol–water partition coefficient (Wildman–Crippen LogP) is 4.15. The second kappa shape index (κ2) is 11.4. The fraction of sp³-hybridized carbons (Fsp3) is 0.414. The third kappa shape index (κ3) is 6.27. The summed E-state index contributed by atoms with van der Waals surface area (Å²) in [5.74, 6) is -1.67. The first kappa shape index (κ1) is 26.0. The van der Waals surface area contributed by atoms with Crippen LogP contribution in [0.15, 0.2) is 59.1 Å². The van der Waals surface area contributed by atoms with Crippen LogP contribution in [0.1, 0.15) is 35.3 Å². The van der Waals surface area contributed by atoms with Crippen molar-refractivity contribution in [2.45, 2.75) is 31.7 Å². The predicted molar refractivity (Wildman–Crippen MR) is 138 cm³/mol. The number of rotatable bonds is 9. The van der Waals surface area contributed by atoms with Crippen LogP contribution in [0.5, 0.6) is 0 Å². The van der Waals surface area contributed by atoms with Gasteiger partial charge in [-0.1, -0.05) is 35.5 Å². The number of likely N-dealkylation sites (N-methyl/N-ethyl adjacent to an activating group) is 1. The van der Waals surface area contributed by atoms with Crippen LogP contribution in [0.25, 0.3) is 11.3 Å². The molecule has 1 aliphatic heterocycles. The second-order valence-electron chi connectivity index (χ2n) is 10.4. The first-order valence-electron chi connectivity index (χ1n) is 13.1. The molecule has 0 bridgehead atoms. The number of amides is 2. The molecule has 2 aliphatic rings. The van der Waals surface area contributed by atoms with E-state index in [4.69, 9.17) is 4.52 Å². The van der Waals surface area contributed by atoms with Crippen LogP contribution >= 0.6 is 0 Å². The zero-order valence-electron chi connectivity index (χ0n) is 21.4. The highest BCUT2D eigenvalue weighted by Crippen LogP contribution is 2.32. The van der Waals surface area contributed by atoms with Gasteiger partial charge >= 0.3 is 0 Å². The summed E-state index contributed by atoms with van der Waals surface area (Å²) >= 11 is 0. The first-order valence-corrected chi connectivity index (χ1v) is 13.1. The highest BCUT2D eigenvalue weighted by molar-refractivity contribution is 5.94. The highest BCUT2D eigenvalue weighted by Gasteiger charge is 2.38. The molecule has 5 rings (SSSR count). The number of hydrogen-bond donors (Lipinski definition) is 1. The average Bonchev–Trinajstić information content (AvgIpc) is 3.60. The van der Waals surface area contributed by atoms with E-state index in [0.29, 0.717) is 25.4 Å². The van der Waals surface area contributed by atoms with Crippen molar-refractivity contribution < 1.29 is 22.9 Å². The van der Waals surface area contributed by atoms with Gasteiger partial charge in [0.15, 0.2) is 11.5 Å². The summed E-state index contributed by atoms with van der Waals surface area (Å²) in [6, 6.07) is 14.1. The van der Waals surface area contributed by atoms with Gasteiger partial charge in [0.05, 0.1) is 11.5 Å². The molecule has 1 aliphatic carbocycles. The van der Waals surface area contributed by atoms with Gasteiger partial charge in [0.2, 0.25) is 5.91 Å². The van der Waals surface area contributed by atoms with E-state index in [2.05, 4.69) is 15.4 Å². The van der Waals surface area contributed by atoms with E-state index in [1.807, 2.05) is 37.4 Å². The van der Waals surface area contributed by atoms with Gasteiger partial charge in [-0.2, -0.15) is 0 Å². The molecular weight excluding hydrogens is 490 g/mol. The average molecular weight is 523 g/mol. The Kier molecular flexibility index (Phi) is 7.83. The van der Waals surface area contributed by atoms with Gasteiger partial charge in [-0.25, -0.2) is 8.78 Å². The summed E-state index contributed by atoms with van der Waals surface area (Å²) in [6.45, 7) is 2.94. The van der Waals surface area contributed by atoms with Crippen molar-refractivity contribution in [2.24, 2.45) is 11.8 Å². The normalized spacial score (nSPS) is 19.8. The lowest BCUT2D eigenvalue weighted by Crippen LogP contribution is -2.56. The molecule has 0 spiro atoms. The topological polar surface area (TPSA) is 78.7 Å². The fourth-order valence-electron chi connectivity index (χ4n) is 5.05. The van der Waals surface area contributed by atoms with Gasteiger partial charge in [-0.15, -0.1) is 0 Å². The molecule has 38 heavy (non-hydrogen) atoms. The molecule has 9 heteroatoms. The van der Waals surface area contributed by atoms with Gasteiger partial charge < -0.3 is 19.6 Å². The van der Waals surface area contributed by atoms with Crippen LogP contribution in [0.4, 0.5) is 8.78 Å². The van der Waals surface area contributed by atoms with Crippen molar-refractivity contribution in [3.8, 4) is 11.3 Å². The molecule has 1 N–H and O–H groups in total. The van der Waals surface area contributed by atoms with Gasteiger partial charge in [-0.3, -0.25) is 9.59 Å². The largest absolute Gasteiger partial charge is 0.355 e. The van der Waals surface area contributed by atoms with Crippen molar-refractivity contribution in [3.63, 3.8) is 0 Å². The number of piperidine rings is 1. The lowest BCUT2D eigenvalue weighted by molar-refractivity contribution is -0.137. The van der Waals surface area contributed by atoms with Crippen LogP contribution in [0.2, 0.25) is 0 Å². The second-order valence-corrected chi connectivity index (χ2v) is 10.4. The third-order valence-corrected chi connectivity index (χ3v) is 7.44. The zero-order chi connectivity index (χ0) is 26.6. The van der Waals surface area contributed by atoms with Crippen LogP contribution in [-0.2, 0) is 11.2 Å². The molecule has 1 saturated carbocycles. The smallest absolute Gasteiger partial charge is 0.273 e. The van der Waals surface area contributed by atoms with Crippen molar-refractivity contribution in [1.82, 2.24) is 20.3 Å². The SMILES string of the molecule is CN(CCc1ccccc1)C(=O)[C@@H]1CN(CC2CC2)CC[C@H]1NC(=O)c1cc(-c2ccc(F)cc2F)on1. The summed E-state index contributed by atoms with van der Waals surface area (Å²) in [7, 11) is 1.81. The number of carbonyl (C=O) groups excluding carboxylic acids is 2. The minimum Gasteiger partial charge on any atom is -0.355 e. The number of nitrogens with zero attached hydrogens (tertiary/aromatic N) is 3. The Morgan fingerprint density at radius 2 is 1.89 bits per heavy atom. The number of aromatic nitrogens is 1. The molecule has 2 fully saturated rings. The first-order chi connectivity index (χ1) is 18.4. The maximum Gasteiger partial charge on any atom is 0.273 e. The van der Waals surface area contributed by atoms with Crippen molar-refractivity contribution in [1.29, 1.82) is 0 Å². The van der Waals surface area contributed by atoms with E-state index < -0.39 is 23.5 Å². The Balaban J connectivity index is 1.27. The molecule has 200 valence electrons. The molecule has 7 nitrogen and oxygen atoms in total. The summed E-state index contributed by atoms with van der Waals surface area (Å²) in [4.78, 5) is 30.8. The van der Waals surface area contributed by atoms with E-state index >= 15 is 0 Å². The number of halogens is 2. The van der Waals surface area contributed by atoms with Crippen LogP contribution in [0, 0.1) is 23.5 Å². The molecule has 3 aromatic rings. The Morgan fingerprint density at radius 3 is 2.63 bits per heavy atom. The number of benzene rings is 2. The minimum atomic E-state index is -0.805. The lowest BCUT2D eigenvalue weighted by Gasteiger charge is -2.39. The van der Waals surface area contributed by atoms with Crippen LogP contribution < -0.4 is 5.32 Å². The van der Waals surface area contributed by atoms with Gasteiger partial charge in [0.25, 0.3) is 5.91 Å². The molecule has 1 saturated heterocycles. The molecule has 2 atom stereocenters. The van der Waals surface area contributed by atoms with Crippen LogP contribution in [0.3, 0.4) is 0 Å². The fourth-order valence-corrected chi connectivity index (χ4v) is 5.05. The monoisotopic (exact) mass is 522 g/mol. The molecule has 2 aromatic carbocycles. The molecular formula is C29H32F2N4O3. The van der Waals surface area contributed by atoms with E-state index in [0.717, 1.165) is 37.2 Å². The third-order valence-electron chi connectivity index (χ3n) is 7.44. The lowest BCUT2D eigenvalue weighted by atomic mass is 9.90. The summed E-state index contributed by atoms with van der Waals surface area (Å²) in [5, 5.41) is 6.78. The number of hydrogen-bond acceptors (Lipinski definition) is 5. The molecule has 2 amide bonds. The maximum absolute atomic E-state index is 14.2. The standard InChI is InChI=1S/C29H32F2N4O3/c1-34(13-11-19-5-3-2-4-6-19)29(37)23-18-35(17-20-7-8-20)14-12-25(23)32-28(36)26-16-27(38-33-26)22-10-9-21(30)15-24(22)31/h2-6,9-10,15-16,20,23,25H,7-8,11-14,17-18H2,1H3,(H,32,36)/t23-,25-/m1/s1. The Hall–Kier alpha value is -3.59. The number of nitrogens with one attached hydrogen (secondary N) is 1. The Labute approximate surface area is 220 Å². The van der Waals surface area contributed by atoms with Gasteiger partial charge in [0, 0.05) is 51.4 Å². The quantitative estimate of drug-likeness (QED) is 0.457. The van der Waals surface area contributed by atoms with Crippen LogP contribution in [-0.4, -0.2) is 66.0 Å². The molecule has 2 heterocycles. The molecule has 1 aromatic heterocycles. The van der Waals surface area contributed by atoms with E-state index in [1.165, 1.54) is 25.0 Å². The summed E-state index contributed by atoms with van der Waals surface area (Å²) < 4.78 is 32.6. The molecule has 0 radical (unpaired) electrons. The summed E-state index contributed by atoms with van der Waals surface area (Å²) in [5.41, 5.74) is 1.16. The maximum atomic E-state index is 14.2. The van der Waals surface area contributed by atoms with Gasteiger partial charge in [0.1, 0.15) is 11.6 Å². The number of likely N-dealkylation sites (tertiary alicyclic amines) is 1. The highest BCUT2D eigenvalue weighted by atomic mass is 19.1. The summed E-state index contributed by atoms with van der Waals surface area (Å²) in [6.07, 6.45) is 3.85. The van der Waals surface area contributed by atoms with E-state index in [9.17, 15) is 18.4 Å². The van der Waals surface area contributed by atoms with Crippen molar-refractivity contribution in [3.05, 3.63) is 77.5 Å². The Bertz CT molecular complexity index is 1280. The Morgan fingerprint density at radius 1 is 1.11 bits per heavy atom. The van der Waals surface area contributed by atoms with Crippen molar-refractivity contribution in [2.75, 3.05) is 33.2 Å². The van der Waals surface area contributed by atoms with Gasteiger partial charge in [-0.05, 0) is 49.3 Å². The van der Waals surface area contributed by atoms with Crippen molar-refractivity contribution >= 4 is 11.8 Å². The minimum absolute atomic E-state index is 0.000883. The number of carbonyl (C=O) groups is 2.